The molecule has 1 aliphatic heterocycles. The van der Waals surface area contributed by atoms with Crippen molar-refractivity contribution in [2.24, 2.45) is 0 Å². The second-order valence-corrected chi connectivity index (χ2v) is 8.29. The summed E-state index contributed by atoms with van der Waals surface area (Å²) in [6.07, 6.45) is 3.10. The summed E-state index contributed by atoms with van der Waals surface area (Å²) < 4.78 is 44.4. The van der Waals surface area contributed by atoms with Crippen LogP contribution < -0.4 is 0 Å². The molecule has 0 atom stereocenters. The van der Waals surface area contributed by atoms with Gasteiger partial charge in [-0.25, -0.2) is 17.9 Å². The molecule has 4 aromatic rings. The Morgan fingerprint density at radius 3 is 2.44 bits per heavy atom. The Kier molecular flexibility index (Phi) is 4.62. The molecular formula is C22H17B2F3N4O. The lowest BCUT2D eigenvalue weighted by atomic mass is 9.59. The number of halogens is 3. The largest absolute Gasteiger partial charge is 0.339 e. The molecule has 32 heavy (non-hydrogen) atoms. The minimum Gasteiger partial charge on any atom is -0.339 e. The predicted octanol–water partition coefficient (Wildman–Crippen LogP) is 2.34. The molecule has 0 saturated heterocycles. The summed E-state index contributed by atoms with van der Waals surface area (Å²) in [6, 6.07) is 10.9. The van der Waals surface area contributed by atoms with E-state index in [0.717, 1.165) is 4.68 Å². The molecule has 5 nitrogen and oxygen atoms in total. The highest BCUT2D eigenvalue weighted by atomic mass is 19.1. The van der Waals surface area contributed by atoms with Crippen LogP contribution in [-0.4, -0.2) is 41.3 Å². The highest BCUT2D eigenvalue weighted by Gasteiger charge is 2.44. The minimum absolute atomic E-state index is 0.199. The summed E-state index contributed by atoms with van der Waals surface area (Å²) in [5, 5.41) is 3.88. The van der Waals surface area contributed by atoms with Gasteiger partial charge in [0.15, 0.2) is 6.80 Å². The Hall–Kier alpha value is -3.55. The first kappa shape index (κ1) is 20.4. The summed E-state index contributed by atoms with van der Waals surface area (Å²) in [7, 11) is 3.61. The van der Waals surface area contributed by atoms with Crippen molar-refractivity contribution >= 4 is 32.5 Å². The van der Waals surface area contributed by atoms with Crippen molar-refractivity contribution in [1.82, 2.24) is 19.7 Å². The summed E-state index contributed by atoms with van der Waals surface area (Å²) in [4.78, 5) is 18.6. The van der Waals surface area contributed by atoms with Crippen LogP contribution >= 0.6 is 0 Å². The third-order valence-electron chi connectivity index (χ3n) is 6.03. The maximum Gasteiger partial charge on any atom is 0.255 e. The van der Waals surface area contributed by atoms with E-state index in [1.165, 1.54) is 23.2 Å². The standard InChI is InChI=1S/C22H17B2F3N4O/c23-22(24)20-14(4-2-6-28-20)21(32)31(22)10-16-17(26)7-12(8-18(16)27)13-3-1-5-19-15(13)9-30(11-25)29-19/h1-9H,10-11,23-24H2. The van der Waals surface area contributed by atoms with Crippen LogP contribution in [0.15, 0.2) is 54.9 Å². The number of carbonyl (C=O) groups is 1. The second kappa shape index (κ2) is 7.25. The normalized spacial score (nSPS) is 14.8. The number of alkyl halides is 1. The molecule has 0 unspecified atom stereocenters. The fourth-order valence-corrected chi connectivity index (χ4v) is 4.33. The maximum atomic E-state index is 15.2. The SMILES string of the molecule is BC1(B)c2ncccc2C(=O)N1Cc1c(F)cc(-c2cccc3nn(CF)cc23)cc1F. The Balaban J connectivity index is 1.54. The predicted molar refractivity (Wildman–Crippen MR) is 119 cm³/mol. The molecule has 0 N–H and O–H groups in total. The summed E-state index contributed by atoms with van der Waals surface area (Å²) in [6.45, 7) is -1.03. The number of pyridine rings is 1. The van der Waals surface area contributed by atoms with Crippen molar-refractivity contribution < 1.29 is 18.0 Å². The molecule has 0 radical (unpaired) electrons. The molecule has 0 saturated carbocycles. The average molecular weight is 432 g/mol. The second-order valence-electron chi connectivity index (χ2n) is 8.29. The van der Waals surface area contributed by atoms with Crippen molar-refractivity contribution in [2.75, 3.05) is 0 Å². The van der Waals surface area contributed by atoms with Crippen LogP contribution in [0.3, 0.4) is 0 Å². The summed E-state index contributed by atoms with van der Waals surface area (Å²) >= 11 is 0. The maximum absolute atomic E-state index is 15.2. The number of aromatic nitrogens is 3. The van der Waals surface area contributed by atoms with Gasteiger partial charge in [0.1, 0.15) is 27.3 Å². The highest BCUT2D eigenvalue weighted by molar-refractivity contribution is 6.42. The van der Waals surface area contributed by atoms with E-state index >= 15 is 8.78 Å². The van der Waals surface area contributed by atoms with Gasteiger partial charge < -0.3 is 4.90 Å². The van der Waals surface area contributed by atoms with Gasteiger partial charge >= 0.3 is 0 Å². The number of amides is 1. The quantitative estimate of drug-likeness (QED) is 0.466. The summed E-state index contributed by atoms with van der Waals surface area (Å²) in [5.41, 5.74) is 2.20. The molecule has 0 fully saturated rings. The first-order valence-corrected chi connectivity index (χ1v) is 10.1. The molecule has 5 rings (SSSR count). The van der Waals surface area contributed by atoms with E-state index in [1.54, 1.807) is 52.2 Å². The molecule has 0 aliphatic carbocycles. The van der Waals surface area contributed by atoms with Crippen LogP contribution in [0.2, 0.25) is 0 Å². The molecule has 158 valence electrons. The van der Waals surface area contributed by atoms with Crippen molar-refractivity contribution in [1.29, 1.82) is 0 Å². The number of benzene rings is 2. The zero-order valence-electron chi connectivity index (χ0n) is 17.4. The smallest absolute Gasteiger partial charge is 0.255 e. The third kappa shape index (κ3) is 3.01. The van der Waals surface area contributed by atoms with E-state index in [0.29, 0.717) is 33.3 Å². The van der Waals surface area contributed by atoms with Crippen molar-refractivity contribution in [2.45, 2.75) is 18.7 Å². The molecule has 1 aliphatic rings. The minimum atomic E-state index is -0.808. The van der Waals surface area contributed by atoms with Gasteiger partial charge in [0.05, 0.1) is 23.3 Å². The molecule has 2 aromatic heterocycles. The molecule has 10 heteroatoms. The fourth-order valence-electron chi connectivity index (χ4n) is 4.33. The lowest BCUT2D eigenvalue weighted by molar-refractivity contribution is 0.0727. The van der Waals surface area contributed by atoms with Gasteiger partial charge in [-0.1, -0.05) is 12.1 Å². The molecule has 3 heterocycles. The van der Waals surface area contributed by atoms with Gasteiger partial charge in [-0.3, -0.25) is 9.78 Å². The zero-order valence-corrected chi connectivity index (χ0v) is 17.4. The monoisotopic (exact) mass is 432 g/mol. The Bertz CT molecular complexity index is 1370. The van der Waals surface area contributed by atoms with Crippen LogP contribution in [-0.2, 0) is 18.7 Å². The Morgan fingerprint density at radius 1 is 1.03 bits per heavy atom. The van der Waals surface area contributed by atoms with E-state index in [2.05, 4.69) is 10.1 Å². The third-order valence-corrected chi connectivity index (χ3v) is 6.03. The molecular weight excluding hydrogens is 415 g/mol. The van der Waals surface area contributed by atoms with Gasteiger partial charge in [-0.15, -0.1) is 0 Å². The highest BCUT2D eigenvalue weighted by Crippen LogP contribution is 2.36. The number of nitrogens with zero attached hydrogens (tertiary/aromatic N) is 4. The first-order chi connectivity index (χ1) is 15.3. The lowest BCUT2D eigenvalue weighted by Crippen LogP contribution is -2.45. The lowest BCUT2D eigenvalue weighted by Gasteiger charge is -2.32. The van der Waals surface area contributed by atoms with Crippen LogP contribution in [0.25, 0.3) is 22.0 Å². The number of rotatable bonds is 4. The van der Waals surface area contributed by atoms with Crippen LogP contribution in [0.5, 0.6) is 0 Å². The van der Waals surface area contributed by atoms with Gasteiger partial charge in [-0.05, 0) is 41.5 Å². The molecule has 1 amide bonds. The van der Waals surface area contributed by atoms with E-state index in [1.807, 2.05) is 0 Å². The number of fused-ring (bicyclic) bond motifs is 2. The van der Waals surface area contributed by atoms with Crippen molar-refractivity contribution in [3.05, 3.63) is 83.3 Å². The number of hydrogen-bond acceptors (Lipinski definition) is 3. The van der Waals surface area contributed by atoms with Gasteiger partial charge in [0, 0.05) is 28.7 Å². The number of hydrogen-bond donors (Lipinski definition) is 0. The Labute approximate surface area is 183 Å². The van der Waals surface area contributed by atoms with E-state index in [-0.39, 0.29) is 18.0 Å². The van der Waals surface area contributed by atoms with Crippen molar-refractivity contribution in [3.8, 4) is 11.1 Å². The topological polar surface area (TPSA) is 51.0 Å². The number of carbonyl (C=O) groups excluding carboxylic acids is 1. The first-order valence-electron chi connectivity index (χ1n) is 10.1. The average Bonchev–Trinajstić information content (AvgIpc) is 3.28. The summed E-state index contributed by atoms with van der Waals surface area (Å²) in [5.74, 6) is -1.84. The van der Waals surface area contributed by atoms with Crippen molar-refractivity contribution in [3.63, 3.8) is 0 Å². The van der Waals surface area contributed by atoms with Gasteiger partial charge in [-0.2, -0.15) is 5.10 Å². The van der Waals surface area contributed by atoms with E-state index in [4.69, 9.17) is 0 Å². The fraction of sp³-hybridized carbons (Fsp3) is 0.136. The Morgan fingerprint density at radius 2 is 1.75 bits per heavy atom. The van der Waals surface area contributed by atoms with Gasteiger partial charge in [0.25, 0.3) is 5.91 Å². The van der Waals surface area contributed by atoms with E-state index in [9.17, 15) is 9.18 Å². The van der Waals surface area contributed by atoms with Crippen LogP contribution in [0, 0.1) is 11.6 Å². The zero-order chi connectivity index (χ0) is 22.6. The van der Waals surface area contributed by atoms with Crippen LogP contribution in [0.1, 0.15) is 21.6 Å². The molecule has 0 spiro atoms. The van der Waals surface area contributed by atoms with E-state index < -0.39 is 23.8 Å². The molecule has 2 aromatic carbocycles. The van der Waals surface area contributed by atoms with Crippen LogP contribution in [0.4, 0.5) is 13.2 Å². The van der Waals surface area contributed by atoms with Gasteiger partial charge in [0.2, 0.25) is 0 Å². The molecule has 0 bridgehead atoms.